The fraction of sp³-hybridized carbons (Fsp3) is 0.167. The van der Waals surface area contributed by atoms with Crippen molar-refractivity contribution in [3.63, 3.8) is 0 Å². The first-order valence-electron chi connectivity index (χ1n) is 7.60. The van der Waals surface area contributed by atoms with Gasteiger partial charge in [-0.1, -0.05) is 12.1 Å². The summed E-state index contributed by atoms with van der Waals surface area (Å²) in [5.41, 5.74) is 1.51. The number of likely N-dealkylation sites (N-methyl/N-ethyl adjacent to an activating group) is 1. The molecule has 1 aromatic heterocycles. The normalized spacial score (nSPS) is 10.8. The minimum Gasteiger partial charge on any atom is -0.311 e. The van der Waals surface area contributed by atoms with Gasteiger partial charge in [-0.15, -0.1) is 0 Å². The highest BCUT2D eigenvalue weighted by molar-refractivity contribution is 5.93. The van der Waals surface area contributed by atoms with Gasteiger partial charge in [0.1, 0.15) is 12.4 Å². The number of carbonyl (C=O) groups excluding carboxylic acids is 1. The van der Waals surface area contributed by atoms with Gasteiger partial charge in [0.25, 0.3) is 5.56 Å². The molecule has 0 bridgehead atoms. The molecule has 1 heterocycles. The van der Waals surface area contributed by atoms with Gasteiger partial charge in [-0.3, -0.25) is 14.2 Å². The Morgan fingerprint density at radius 3 is 2.58 bits per heavy atom. The molecule has 3 rings (SSSR count). The van der Waals surface area contributed by atoms with Crippen LogP contribution < -0.4 is 10.5 Å². The van der Waals surface area contributed by atoms with Crippen LogP contribution in [0, 0.1) is 5.82 Å². The second-order valence-electron chi connectivity index (χ2n) is 5.29. The molecule has 3 aromatic rings. The zero-order chi connectivity index (χ0) is 17.1. The fourth-order valence-electron chi connectivity index (χ4n) is 2.62. The summed E-state index contributed by atoms with van der Waals surface area (Å²) in [4.78, 5) is 30.4. The first-order chi connectivity index (χ1) is 11.6. The molecular formula is C18H16FN3O2. The Hall–Kier alpha value is -3.02. The number of amides is 1. The van der Waals surface area contributed by atoms with Crippen LogP contribution in [0.15, 0.2) is 59.5 Å². The quantitative estimate of drug-likeness (QED) is 0.741. The SMILES string of the molecule is CCN(C(=O)Cn1c(=O)cnc2ccccc21)c1ccc(F)cc1. The molecule has 0 aliphatic heterocycles. The Bertz CT molecular complexity index is 935. The summed E-state index contributed by atoms with van der Waals surface area (Å²) >= 11 is 0. The van der Waals surface area contributed by atoms with Crippen LogP contribution in [0.3, 0.4) is 0 Å². The van der Waals surface area contributed by atoms with Crippen LogP contribution in [0.4, 0.5) is 10.1 Å². The maximum Gasteiger partial charge on any atom is 0.269 e. The Kier molecular flexibility index (Phi) is 4.37. The average molecular weight is 325 g/mol. The molecule has 122 valence electrons. The van der Waals surface area contributed by atoms with Gasteiger partial charge in [0.15, 0.2) is 0 Å². The van der Waals surface area contributed by atoms with Gasteiger partial charge in [-0.2, -0.15) is 0 Å². The predicted octanol–water partition coefficient (Wildman–Crippen LogP) is 2.59. The molecule has 0 N–H and O–H groups in total. The molecule has 0 aliphatic carbocycles. The molecule has 1 amide bonds. The lowest BCUT2D eigenvalue weighted by Crippen LogP contribution is -2.36. The van der Waals surface area contributed by atoms with E-state index in [1.54, 1.807) is 30.3 Å². The zero-order valence-electron chi connectivity index (χ0n) is 13.1. The molecule has 0 fully saturated rings. The highest BCUT2D eigenvalue weighted by Crippen LogP contribution is 2.16. The van der Waals surface area contributed by atoms with Crippen molar-refractivity contribution < 1.29 is 9.18 Å². The van der Waals surface area contributed by atoms with Crippen LogP contribution in [0.25, 0.3) is 11.0 Å². The Balaban J connectivity index is 1.95. The smallest absolute Gasteiger partial charge is 0.269 e. The number of anilines is 1. The van der Waals surface area contributed by atoms with E-state index in [-0.39, 0.29) is 23.8 Å². The first kappa shape index (κ1) is 15.9. The van der Waals surface area contributed by atoms with E-state index in [4.69, 9.17) is 0 Å². The van der Waals surface area contributed by atoms with Crippen molar-refractivity contribution in [2.45, 2.75) is 13.5 Å². The molecule has 0 saturated carbocycles. The third-order valence-electron chi connectivity index (χ3n) is 3.80. The second-order valence-corrected chi connectivity index (χ2v) is 5.29. The molecule has 2 aromatic carbocycles. The van der Waals surface area contributed by atoms with Crippen molar-refractivity contribution in [2.24, 2.45) is 0 Å². The van der Waals surface area contributed by atoms with Gasteiger partial charge < -0.3 is 4.90 Å². The minimum absolute atomic E-state index is 0.104. The summed E-state index contributed by atoms with van der Waals surface area (Å²) in [5.74, 6) is -0.610. The minimum atomic E-state index is -0.362. The second kappa shape index (κ2) is 6.62. The third-order valence-corrected chi connectivity index (χ3v) is 3.80. The topological polar surface area (TPSA) is 55.2 Å². The van der Waals surface area contributed by atoms with E-state index in [2.05, 4.69) is 4.98 Å². The number of para-hydroxylation sites is 2. The van der Waals surface area contributed by atoms with Crippen LogP contribution in [-0.2, 0) is 11.3 Å². The number of rotatable bonds is 4. The van der Waals surface area contributed by atoms with Crippen molar-refractivity contribution in [3.05, 3.63) is 70.9 Å². The van der Waals surface area contributed by atoms with Crippen LogP contribution in [0.5, 0.6) is 0 Å². The van der Waals surface area contributed by atoms with Crippen molar-refractivity contribution in [3.8, 4) is 0 Å². The lowest BCUT2D eigenvalue weighted by Gasteiger charge is -2.22. The van der Waals surface area contributed by atoms with E-state index < -0.39 is 0 Å². The number of nitrogens with zero attached hydrogens (tertiary/aromatic N) is 3. The van der Waals surface area contributed by atoms with E-state index in [9.17, 15) is 14.0 Å². The van der Waals surface area contributed by atoms with Gasteiger partial charge in [0.2, 0.25) is 5.91 Å². The molecule has 0 unspecified atom stereocenters. The molecule has 6 heteroatoms. The van der Waals surface area contributed by atoms with Crippen molar-refractivity contribution in [1.29, 1.82) is 0 Å². The molecule has 0 radical (unpaired) electrons. The Labute approximate surface area is 138 Å². The summed E-state index contributed by atoms with van der Waals surface area (Å²) in [6, 6.07) is 12.9. The maximum atomic E-state index is 13.1. The summed E-state index contributed by atoms with van der Waals surface area (Å²) in [5, 5.41) is 0. The highest BCUT2D eigenvalue weighted by atomic mass is 19.1. The number of carbonyl (C=O) groups is 1. The van der Waals surface area contributed by atoms with Crippen molar-refractivity contribution in [1.82, 2.24) is 9.55 Å². The van der Waals surface area contributed by atoms with Gasteiger partial charge in [0.05, 0.1) is 17.2 Å². The first-order valence-corrected chi connectivity index (χ1v) is 7.60. The van der Waals surface area contributed by atoms with Crippen molar-refractivity contribution >= 4 is 22.6 Å². The summed E-state index contributed by atoms with van der Waals surface area (Å²) in [7, 11) is 0. The van der Waals surface area contributed by atoms with Crippen LogP contribution in [-0.4, -0.2) is 22.0 Å². The average Bonchev–Trinajstić information content (AvgIpc) is 2.60. The Morgan fingerprint density at radius 2 is 1.88 bits per heavy atom. The van der Waals surface area contributed by atoms with E-state index in [1.165, 1.54) is 27.8 Å². The highest BCUT2D eigenvalue weighted by Gasteiger charge is 2.16. The standard InChI is InChI=1S/C18H16FN3O2/c1-2-21(14-9-7-13(19)8-10-14)18(24)12-22-16-6-4-3-5-15(16)20-11-17(22)23/h3-11H,2,12H2,1H3. The summed E-state index contributed by atoms with van der Waals surface area (Å²) in [6.07, 6.45) is 1.21. The number of halogens is 1. The summed E-state index contributed by atoms with van der Waals surface area (Å²) < 4.78 is 14.5. The van der Waals surface area contributed by atoms with E-state index >= 15 is 0 Å². The van der Waals surface area contributed by atoms with Gasteiger partial charge in [0, 0.05) is 12.2 Å². The molecule has 24 heavy (non-hydrogen) atoms. The molecule has 0 aliphatic rings. The Morgan fingerprint density at radius 1 is 1.17 bits per heavy atom. The number of fused-ring (bicyclic) bond motifs is 1. The van der Waals surface area contributed by atoms with Crippen LogP contribution >= 0.6 is 0 Å². The molecular weight excluding hydrogens is 309 g/mol. The molecule has 0 atom stereocenters. The van der Waals surface area contributed by atoms with Gasteiger partial charge in [-0.05, 0) is 43.3 Å². The molecule has 0 saturated heterocycles. The van der Waals surface area contributed by atoms with Gasteiger partial charge >= 0.3 is 0 Å². The lowest BCUT2D eigenvalue weighted by molar-refractivity contribution is -0.119. The predicted molar refractivity (Wildman–Crippen MR) is 90.4 cm³/mol. The summed E-state index contributed by atoms with van der Waals surface area (Å²) in [6.45, 7) is 2.14. The lowest BCUT2D eigenvalue weighted by atomic mass is 10.2. The molecule has 5 nitrogen and oxygen atoms in total. The van der Waals surface area contributed by atoms with E-state index in [0.717, 1.165) is 0 Å². The third kappa shape index (κ3) is 3.03. The molecule has 0 spiro atoms. The zero-order valence-corrected chi connectivity index (χ0v) is 13.1. The number of benzene rings is 2. The maximum absolute atomic E-state index is 13.1. The number of aromatic nitrogens is 2. The van der Waals surface area contributed by atoms with Crippen LogP contribution in [0.1, 0.15) is 6.92 Å². The van der Waals surface area contributed by atoms with Crippen LogP contribution in [0.2, 0.25) is 0 Å². The largest absolute Gasteiger partial charge is 0.311 e. The van der Waals surface area contributed by atoms with Crippen molar-refractivity contribution in [2.75, 3.05) is 11.4 Å². The monoisotopic (exact) mass is 325 g/mol. The van der Waals surface area contributed by atoms with E-state index in [0.29, 0.717) is 23.3 Å². The number of hydrogen-bond donors (Lipinski definition) is 0. The van der Waals surface area contributed by atoms with Gasteiger partial charge in [-0.25, -0.2) is 9.37 Å². The number of hydrogen-bond acceptors (Lipinski definition) is 3. The van der Waals surface area contributed by atoms with E-state index in [1.807, 2.05) is 13.0 Å². The fourth-order valence-corrected chi connectivity index (χ4v) is 2.62.